The number of phosphoric ester groups is 2. The quantitative estimate of drug-likeness (QED) is 0.124. The molecule has 22 heteroatoms. The Morgan fingerprint density at radius 2 is 1.62 bits per heavy atom. The fourth-order valence-corrected chi connectivity index (χ4v) is 5.49. The summed E-state index contributed by atoms with van der Waals surface area (Å²) in [6.45, 7) is -1.07. The van der Waals surface area contributed by atoms with Gasteiger partial charge in [0.15, 0.2) is 18.6 Å². The molecule has 3 heterocycles. The molecule has 0 saturated carbocycles. The van der Waals surface area contributed by atoms with Crippen LogP contribution in [-0.2, 0) is 36.8 Å². The lowest BCUT2D eigenvalue weighted by Gasteiger charge is -2.38. The van der Waals surface area contributed by atoms with Gasteiger partial charge >= 0.3 is 27.3 Å². The number of phosphoric acid groups is 2. The van der Waals surface area contributed by atoms with E-state index in [0.717, 1.165) is 12.3 Å². The van der Waals surface area contributed by atoms with Crippen LogP contribution in [-0.4, -0.2) is 112 Å². The van der Waals surface area contributed by atoms with Gasteiger partial charge in [0.25, 0.3) is 5.56 Å². The van der Waals surface area contributed by atoms with Crippen molar-refractivity contribution in [2.45, 2.75) is 55.2 Å². The van der Waals surface area contributed by atoms with Crippen LogP contribution in [0, 0.1) is 0 Å². The van der Waals surface area contributed by atoms with E-state index in [4.69, 9.17) is 9.84 Å². The van der Waals surface area contributed by atoms with Crippen LogP contribution in [0.25, 0.3) is 0 Å². The summed E-state index contributed by atoms with van der Waals surface area (Å²) in [6, 6.07) is 0.910. The number of aliphatic hydroxyl groups is 5. The number of hydrogen-bond donors (Lipinski definition) is 9. The van der Waals surface area contributed by atoms with Crippen LogP contribution in [0.5, 0.6) is 0 Å². The first-order valence-electron chi connectivity index (χ1n) is 9.98. The van der Waals surface area contributed by atoms with Crippen molar-refractivity contribution in [3.63, 3.8) is 0 Å². The average Bonchev–Trinajstić information content (AvgIpc) is 3.05. The molecule has 20 nitrogen and oxygen atoms in total. The first-order valence-corrected chi connectivity index (χ1v) is 13.0. The molecule has 1 aromatic rings. The molecule has 0 bridgehead atoms. The van der Waals surface area contributed by atoms with Gasteiger partial charge in [-0.3, -0.25) is 23.4 Å². The molecule has 0 amide bonds. The van der Waals surface area contributed by atoms with E-state index in [2.05, 4.69) is 18.1 Å². The van der Waals surface area contributed by atoms with Crippen molar-refractivity contribution in [2.75, 3.05) is 6.61 Å². The fraction of sp³-hybridized carbons (Fsp3) is 0.667. The van der Waals surface area contributed by atoms with Crippen molar-refractivity contribution in [1.82, 2.24) is 9.55 Å². The second kappa shape index (κ2) is 11.1. The number of aromatic amines is 1. The Bertz CT molecular complexity index is 1200. The largest absolute Gasteiger partial charge is 0.483 e. The number of carboxylic acid groups (broad SMARTS) is 1. The first kappa shape index (κ1) is 29.7. The number of carboxylic acids is 1. The van der Waals surface area contributed by atoms with E-state index in [0.29, 0.717) is 4.57 Å². The smallest absolute Gasteiger partial charge is 0.479 e. The molecular formula is C15H22N2O18P2. The van der Waals surface area contributed by atoms with Gasteiger partial charge in [0, 0.05) is 12.3 Å². The number of ether oxygens (including phenoxy) is 2. The van der Waals surface area contributed by atoms with Crippen LogP contribution in [0.3, 0.4) is 0 Å². The van der Waals surface area contributed by atoms with Gasteiger partial charge in [-0.15, -0.1) is 0 Å². The number of rotatable bonds is 9. The van der Waals surface area contributed by atoms with E-state index in [-0.39, 0.29) is 0 Å². The van der Waals surface area contributed by atoms with Gasteiger partial charge in [-0.05, 0) is 0 Å². The average molecular weight is 580 g/mol. The van der Waals surface area contributed by atoms with Crippen LogP contribution in [0.4, 0.5) is 0 Å². The molecule has 3 rings (SSSR count). The van der Waals surface area contributed by atoms with Crippen molar-refractivity contribution >= 4 is 21.6 Å². The summed E-state index contributed by atoms with van der Waals surface area (Å²) >= 11 is 0. The maximum Gasteiger partial charge on any atom is 0.483 e. The van der Waals surface area contributed by atoms with E-state index >= 15 is 0 Å². The Morgan fingerprint density at radius 3 is 2.22 bits per heavy atom. The Balaban J connectivity index is 1.63. The minimum absolute atomic E-state index is 0.700. The number of nitrogens with zero attached hydrogens (tertiary/aromatic N) is 1. The number of aliphatic hydroxyl groups excluding tert-OH is 5. The standard InChI is InChI=1S/C15H22N2O18P2/c18-5-1-2-17(15(26)16-5)12-9(22)6(19)4(32-12)3-31-36(27,28)35-37(29,30)34-14-10(23)7(20)8(21)11(33-14)13(24)25/h1-2,4,6-12,14,19-23H,3H2,(H,24,25)(H,27,28)(H,29,30)(H,16,18,26)/t4-,6-,7?,8?,9-,10?,11?,12-,14?/m1/s1. The molecular weight excluding hydrogens is 558 g/mol. The molecule has 2 aliphatic rings. The lowest BCUT2D eigenvalue weighted by Crippen LogP contribution is -2.60. The summed E-state index contributed by atoms with van der Waals surface area (Å²) in [7, 11) is -11.3. The summed E-state index contributed by atoms with van der Waals surface area (Å²) in [4.78, 5) is 55.5. The molecule has 2 aliphatic heterocycles. The summed E-state index contributed by atoms with van der Waals surface area (Å²) in [5.41, 5.74) is -1.78. The molecule has 0 radical (unpaired) electrons. The highest BCUT2D eigenvalue weighted by Gasteiger charge is 2.51. The predicted octanol–water partition coefficient (Wildman–Crippen LogP) is -4.70. The minimum Gasteiger partial charge on any atom is -0.479 e. The molecule has 2 saturated heterocycles. The first-order chi connectivity index (χ1) is 17.0. The second-order valence-corrected chi connectivity index (χ2v) is 10.7. The van der Waals surface area contributed by atoms with Gasteiger partial charge in [0.1, 0.15) is 36.6 Å². The Hall–Kier alpha value is -1.87. The summed E-state index contributed by atoms with van der Waals surface area (Å²) in [5, 5.41) is 58.3. The number of H-pyrrole nitrogens is 1. The molecule has 0 aromatic carbocycles. The van der Waals surface area contributed by atoms with Gasteiger partial charge in [0.2, 0.25) is 0 Å². The molecule has 0 aliphatic carbocycles. The van der Waals surface area contributed by atoms with Crippen molar-refractivity contribution in [2.24, 2.45) is 0 Å². The summed E-state index contributed by atoms with van der Waals surface area (Å²) < 4.78 is 47.6. The van der Waals surface area contributed by atoms with Crippen molar-refractivity contribution in [3.8, 4) is 0 Å². The number of carbonyl (C=O) groups is 1. The van der Waals surface area contributed by atoms with Crippen LogP contribution < -0.4 is 11.2 Å². The Labute approximate surface area is 204 Å². The lowest BCUT2D eigenvalue weighted by molar-refractivity contribution is -0.274. The highest BCUT2D eigenvalue weighted by atomic mass is 31.3. The van der Waals surface area contributed by atoms with E-state index in [1.165, 1.54) is 0 Å². The molecule has 2 fully saturated rings. The van der Waals surface area contributed by atoms with Gasteiger partial charge in [-0.25, -0.2) is 18.7 Å². The van der Waals surface area contributed by atoms with Crippen molar-refractivity contribution in [1.29, 1.82) is 0 Å². The maximum atomic E-state index is 12.2. The molecule has 37 heavy (non-hydrogen) atoms. The zero-order chi connectivity index (χ0) is 27.9. The monoisotopic (exact) mass is 580 g/mol. The van der Waals surface area contributed by atoms with E-state index in [1.54, 1.807) is 0 Å². The molecule has 9 N–H and O–H groups in total. The van der Waals surface area contributed by atoms with Gasteiger partial charge in [-0.2, -0.15) is 4.31 Å². The third-order valence-electron chi connectivity index (χ3n) is 5.12. The number of nitrogens with one attached hydrogen (secondary N) is 1. The van der Waals surface area contributed by atoms with E-state index < -0.39 is 94.7 Å². The predicted molar refractivity (Wildman–Crippen MR) is 109 cm³/mol. The van der Waals surface area contributed by atoms with Crippen LogP contribution in [0.1, 0.15) is 6.23 Å². The normalized spacial score (nSPS) is 37.5. The number of hydrogen-bond acceptors (Lipinski definition) is 15. The highest BCUT2D eigenvalue weighted by Crippen LogP contribution is 2.61. The zero-order valence-electron chi connectivity index (χ0n) is 18.1. The molecule has 0 spiro atoms. The van der Waals surface area contributed by atoms with Gasteiger partial charge < -0.3 is 49.9 Å². The minimum atomic E-state index is -5.72. The summed E-state index contributed by atoms with van der Waals surface area (Å²) in [5.74, 6) is -1.85. The zero-order valence-corrected chi connectivity index (χ0v) is 19.8. The van der Waals surface area contributed by atoms with Crippen molar-refractivity contribution in [3.05, 3.63) is 33.1 Å². The SMILES string of the molecule is O=C(O)C1OC(OP(=O)(O)OP(=O)(O)OC[C@H]2O[C@@H](n3ccc(=O)[nH]c3=O)[C@H](O)[C@@H]2O)C(O)C(O)C1O. The Morgan fingerprint density at radius 1 is 0.973 bits per heavy atom. The maximum absolute atomic E-state index is 12.2. The molecule has 11 atom stereocenters. The van der Waals surface area contributed by atoms with Gasteiger partial charge in [-0.1, -0.05) is 0 Å². The summed E-state index contributed by atoms with van der Waals surface area (Å²) in [6.07, 6.45) is -17.2. The van der Waals surface area contributed by atoms with Crippen LogP contribution in [0.2, 0.25) is 0 Å². The van der Waals surface area contributed by atoms with E-state index in [9.17, 15) is 58.8 Å². The molecule has 1 aromatic heterocycles. The second-order valence-electron chi connectivity index (χ2n) is 7.72. The molecule has 7 unspecified atom stereocenters. The van der Waals surface area contributed by atoms with Crippen LogP contribution in [0.15, 0.2) is 21.9 Å². The Kier molecular flexibility index (Phi) is 8.89. The van der Waals surface area contributed by atoms with E-state index in [1.807, 2.05) is 4.98 Å². The fourth-order valence-electron chi connectivity index (χ4n) is 3.34. The third-order valence-corrected chi connectivity index (χ3v) is 7.72. The van der Waals surface area contributed by atoms with Crippen molar-refractivity contribution < 1.29 is 77.2 Å². The third kappa shape index (κ3) is 6.77. The molecule has 210 valence electrons. The van der Waals surface area contributed by atoms with Crippen LogP contribution >= 0.6 is 15.6 Å². The number of aromatic nitrogens is 2. The topological polar surface area (TPSA) is 314 Å². The highest BCUT2D eigenvalue weighted by molar-refractivity contribution is 7.61. The lowest BCUT2D eigenvalue weighted by atomic mass is 9.99. The van der Waals surface area contributed by atoms with Gasteiger partial charge in [0.05, 0.1) is 6.61 Å². The number of aliphatic carboxylic acids is 1.